The van der Waals surface area contributed by atoms with Crippen LogP contribution in [0.25, 0.3) is 27.7 Å². The summed E-state index contributed by atoms with van der Waals surface area (Å²) in [4.78, 5) is 4.49. The Labute approximate surface area is 193 Å². The van der Waals surface area contributed by atoms with Crippen LogP contribution in [0.1, 0.15) is 36.0 Å². The molecule has 1 aliphatic rings. The van der Waals surface area contributed by atoms with Crippen molar-refractivity contribution in [2.24, 2.45) is 0 Å². The van der Waals surface area contributed by atoms with Gasteiger partial charge in [-0.15, -0.1) is 10.2 Å². The van der Waals surface area contributed by atoms with Gasteiger partial charge in [0.25, 0.3) is 0 Å². The first-order valence-electron chi connectivity index (χ1n) is 11.2. The zero-order valence-corrected chi connectivity index (χ0v) is 18.5. The normalized spacial score (nSPS) is 15.4. The van der Waals surface area contributed by atoms with Crippen LogP contribution < -0.4 is 5.32 Å². The number of halogens is 2. The molecule has 172 valence electrons. The van der Waals surface area contributed by atoms with Gasteiger partial charge in [0.15, 0.2) is 5.65 Å². The second-order valence-electron chi connectivity index (χ2n) is 8.66. The number of hydrogen-bond donors (Lipinski definition) is 1. The third-order valence-corrected chi connectivity index (χ3v) is 6.34. The van der Waals surface area contributed by atoms with Crippen LogP contribution in [0.5, 0.6) is 0 Å². The maximum atomic E-state index is 15.5. The zero-order valence-electron chi connectivity index (χ0n) is 18.5. The average Bonchev–Trinajstić information content (AvgIpc) is 3.52. The molecule has 1 N–H and O–H groups in total. The molecule has 1 aromatic carbocycles. The fourth-order valence-electron chi connectivity index (χ4n) is 4.45. The molecule has 5 heterocycles. The number of hydrogen-bond acceptors (Lipinski definition) is 6. The van der Waals surface area contributed by atoms with Gasteiger partial charge in [-0.3, -0.25) is 9.67 Å². The summed E-state index contributed by atoms with van der Waals surface area (Å²) in [6, 6.07) is 10.0. The van der Waals surface area contributed by atoms with Crippen molar-refractivity contribution >= 4 is 16.6 Å². The van der Waals surface area contributed by atoms with E-state index in [1.165, 1.54) is 12.1 Å². The van der Waals surface area contributed by atoms with Crippen LogP contribution in [0, 0.1) is 6.92 Å². The quantitative estimate of drug-likeness (QED) is 0.438. The van der Waals surface area contributed by atoms with Crippen LogP contribution >= 0.6 is 0 Å². The van der Waals surface area contributed by atoms with Gasteiger partial charge in [0.2, 0.25) is 5.82 Å². The number of aromatic nitrogens is 7. The Morgan fingerprint density at radius 2 is 1.85 bits per heavy atom. The second kappa shape index (κ2) is 7.91. The molecule has 0 amide bonds. The molecule has 4 aromatic heterocycles. The molecule has 34 heavy (non-hydrogen) atoms. The van der Waals surface area contributed by atoms with Crippen molar-refractivity contribution in [3.05, 3.63) is 72.1 Å². The topological polar surface area (TPSA) is 85.8 Å². The highest BCUT2D eigenvalue weighted by Gasteiger charge is 2.40. The Morgan fingerprint density at radius 1 is 1.00 bits per heavy atom. The monoisotopic (exact) mass is 460 g/mol. The van der Waals surface area contributed by atoms with E-state index in [0.717, 1.165) is 41.6 Å². The predicted octanol–water partition coefficient (Wildman–Crippen LogP) is 3.91. The van der Waals surface area contributed by atoms with Gasteiger partial charge in [0, 0.05) is 34.5 Å². The molecule has 0 saturated carbocycles. The van der Waals surface area contributed by atoms with Gasteiger partial charge < -0.3 is 5.32 Å². The summed E-state index contributed by atoms with van der Waals surface area (Å²) in [5, 5.41) is 20.3. The van der Waals surface area contributed by atoms with Crippen LogP contribution in [0.15, 0.2) is 55.0 Å². The second-order valence-corrected chi connectivity index (χ2v) is 8.66. The van der Waals surface area contributed by atoms with E-state index in [2.05, 4.69) is 30.7 Å². The molecule has 0 spiro atoms. The molecule has 0 radical (unpaired) electrons. The summed E-state index contributed by atoms with van der Waals surface area (Å²) < 4.78 is 34.2. The van der Waals surface area contributed by atoms with Crippen molar-refractivity contribution in [2.45, 2.75) is 31.7 Å². The average molecular weight is 460 g/mol. The Bertz CT molecular complexity index is 1500. The maximum Gasteiger partial charge on any atom is 0.333 e. The van der Waals surface area contributed by atoms with Gasteiger partial charge >= 0.3 is 5.92 Å². The molecule has 1 saturated heterocycles. The Kier molecular flexibility index (Phi) is 4.84. The SMILES string of the molecule is Cc1ccc2nnc(C(F)(F)c3ccc4ncc(-c5cnn(C6CCNCC6)c5)cc4c3)n2n1. The van der Waals surface area contributed by atoms with Gasteiger partial charge in [0.1, 0.15) is 0 Å². The van der Waals surface area contributed by atoms with Crippen molar-refractivity contribution in [1.29, 1.82) is 0 Å². The van der Waals surface area contributed by atoms with Crippen molar-refractivity contribution < 1.29 is 8.78 Å². The third kappa shape index (κ3) is 3.50. The highest BCUT2D eigenvalue weighted by atomic mass is 19.3. The molecule has 10 heteroatoms. The summed E-state index contributed by atoms with van der Waals surface area (Å²) >= 11 is 0. The van der Waals surface area contributed by atoms with Crippen LogP contribution in [0.2, 0.25) is 0 Å². The van der Waals surface area contributed by atoms with E-state index in [9.17, 15) is 0 Å². The van der Waals surface area contributed by atoms with Crippen molar-refractivity contribution in [3.8, 4) is 11.1 Å². The first-order valence-corrected chi connectivity index (χ1v) is 11.2. The van der Waals surface area contributed by atoms with Crippen LogP contribution in [-0.4, -0.2) is 47.7 Å². The van der Waals surface area contributed by atoms with Gasteiger partial charge in [-0.05, 0) is 63.2 Å². The number of benzene rings is 1. The number of aryl methyl sites for hydroxylation is 1. The van der Waals surface area contributed by atoms with Crippen LogP contribution in [0.3, 0.4) is 0 Å². The first-order chi connectivity index (χ1) is 16.5. The fraction of sp³-hybridized carbons (Fsp3) is 0.292. The van der Waals surface area contributed by atoms with E-state index in [1.807, 2.05) is 16.9 Å². The zero-order chi connectivity index (χ0) is 23.3. The Hall–Kier alpha value is -3.79. The fourth-order valence-corrected chi connectivity index (χ4v) is 4.45. The lowest BCUT2D eigenvalue weighted by Gasteiger charge is -2.22. The highest BCUT2D eigenvalue weighted by molar-refractivity contribution is 5.84. The third-order valence-electron chi connectivity index (χ3n) is 6.34. The lowest BCUT2D eigenvalue weighted by atomic mass is 10.0. The van der Waals surface area contributed by atoms with Crippen LogP contribution in [0.4, 0.5) is 8.78 Å². The minimum atomic E-state index is -3.38. The van der Waals surface area contributed by atoms with Crippen molar-refractivity contribution in [2.75, 3.05) is 13.1 Å². The van der Waals surface area contributed by atoms with E-state index in [-0.39, 0.29) is 11.2 Å². The number of nitrogens with one attached hydrogen (secondary N) is 1. The lowest BCUT2D eigenvalue weighted by molar-refractivity contribution is 0.0307. The standard InChI is InChI=1S/C24H22F2N8/c1-15-2-5-22-30-31-23(34(22)32-15)24(25,26)19-3-4-21-16(11-19)10-17(12-28-21)18-13-29-33(14-18)20-6-8-27-9-7-20/h2-5,10-14,20,27H,6-9H2,1H3. The molecule has 0 unspecified atom stereocenters. The van der Waals surface area contributed by atoms with Gasteiger partial charge in [-0.2, -0.15) is 23.5 Å². The number of rotatable bonds is 4. The Balaban J connectivity index is 1.37. The number of pyridine rings is 1. The molecule has 1 aliphatic heterocycles. The van der Waals surface area contributed by atoms with Crippen LogP contribution in [-0.2, 0) is 5.92 Å². The van der Waals surface area contributed by atoms with Gasteiger partial charge in [-0.25, -0.2) is 0 Å². The van der Waals surface area contributed by atoms with Gasteiger partial charge in [0.05, 0.1) is 23.4 Å². The largest absolute Gasteiger partial charge is 0.333 e. The lowest BCUT2D eigenvalue weighted by Crippen LogP contribution is -2.29. The molecule has 0 atom stereocenters. The van der Waals surface area contributed by atoms with E-state index in [0.29, 0.717) is 22.6 Å². The molecule has 0 bridgehead atoms. The minimum Gasteiger partial charge on any atom is -0.317 e. The molecule has 0 aliphatic carbocycles. The molecule has 6 rings (SSSR count). The highest BCUT2D eigenvalue weighted by Crippen LogP contribution is 2.36. The summed E-state index contributed by atoms with van der Waals surface area (Å²) in [5.41, 5.74) is 3.06. The summed E-state index contributed by atoms with van der Waals surface area (Å²) in [5.74, 6) is -3.90. The summed E-state index contributed by atoms with van der Waals surface area (Å²) in [6.07, 6.45) is 7.62. The Morgan fingerprint density at radius 3 is 2.71 bits per heavy atom. The molecular formula is C24H22F2N8. The molecular weight excluding hydrogens is 438 g/mol. The first kappa shape index (κ1) is 20.8. The van der Waals surface area contributed by atoms with E-state index < -0.39 is 11.7 Å². The van der Waals surface area contributed by atoms with E-state index in [4.69, 9.17) is 0 Å². The summed E-state index contributed by atoms with van der Waals surface area (Å²) in [7, 11) is 0. The molecule has 8 nitrogen and oxygen atoms in total. The predicted molar refractivity (Wildman–Crippen MR) is 123 cm³/mol. The minimum absolute atomic E-state index is 0.193. The smallest absolute Gasteiger partial charge is 0.317 e. The van der Waals surface area contributed by atoms with E-state index >= 15 is 8.78 Å². The molecule has 5 aromatic rings. The number of piperidine rings is 1. The maximum absolute atomic E-state index is 15.5. The number of nitrogens with zero attached hydrogens (tertiary/aromatic N) is 7. The number of fused-ring (bicyclic) bond motifs is 2. The van der Waals surface area contributed by atoms with E-state index in [1.54, 1.807) is 37.5 Å². The number of alkyl halides is 2. The van der Waals surface area contributed by atoms with Gasteiger partial charge in [-0.1, -0.05) is 6.07 Å². The van der Waals surface area contributed by atoms with Crippen molar-refractivity contribution in [3.63, 3.8) is 0 Å². The molecule has 1 fully saturated rings. The summed E-state index contributed by atoms with van der Waals surface area (Å²) in [6.45, 7) is 3.69. The van der Waals surface area contributed by atoms with Crippen molar-refractivity contribution in [1.82, 2.24) is 39.9 Å².